The standard InChI is InChI=1S/C16H35NO4S/c1-4-5-6-7-8-9-10-11-12-13-14-17(2,3)15-16-21-22(18,19)20/h4-16H2,1-3H3. The van der Waals surface area contributed by atoms with Crippen molar-refractivity contribution >= 4 is 10.4 Å². The van der Waals surface area contributed by atoms with E-state index in [0.717, 1.165) is 13.0 Å². The maximum absolute atomic E-state index is 10.4. The number of hydrogen-bond donors (Lipinski definition) is 0. The molecule has 0 aliphatic rings. The van der Waals surface area contributed by atoms with E-state index in [9.17, 15) is 13.0 Å². The first-order chi connectivity index (χ1) is 10.3. The summed E-state index contributed by atoms with van der Waals surface area (Å²) < 4.78 is 36.1. The van der Waals surface area contributed by atoms with Crippen LogP contribution in [0.4, 0.5) is 0 Å². The molecule has 0 spiro atoms. The van der Waals surface area contributed by atoms with Gasteiger partial charge in [0.2, 0.25) is 10.4 Å². The number of likely N-dealkylation sites (N-methyl/N-ethyl adjacent to an activating group) is 1. The van der Waals surface area contributed by atoms with Crippen molar-refractivity contribution in [2.24, 2.45) is 0 Å². The predicted molar refractivity (Wildman–Crippen MR) is 89.3 cm³/mol. The molecule has 0 atom stereocenters. The maximum Gasteiger partial charge on any atom is 0.217 e. The van der Waals surface area contributed by atoms with Crippen molar-refractivity contribution in [1.29, 1.82) is 0 Å². The Morgan fingerprint density at radius 3 is 1.73 bits per heavy atom. The molecular weight excluding hydrogens is 302 g/mol. The van der Waals surface area contributed by atoms with Gasteiger partial charge < -0.3 is 9.04 Å². The lowest BCUT2D eigenvalue weighted by Crippen LogP contribution is -2.43. The number of nitrogens with zero attached hydrogens (tertiary/aromatic N) is 1. The van der Waals surface area contributed by atoms with E-state index in [-0.39, 0.29) is 6.61 Å². The summed E-state index contributed by atoms with van der Waals surface area (Å²) in [5.41, 5.74) is 0. The summed E-state index contributed by atoms with van der Waals surface area (Å²) in [5, 5.41) is 0. The van der Waals surface area contributed by atoms with Gasteiger partial charge in [0.25, 0.3) is 0 Å². The molecule has 0 bridgehead atoms. The Bertz CT molecular complexity index is 355. The largest absolute Gasteiger partial charge is 0.726 e. The molecule has 0 aliphatic heterocycles. The molecule has 0 aromatic carbocycles. The monoisotopic (exact) mass is 337 g/mol. The quantitative estimate of drug-likeness (QED) is 0.199. The third-order valence-corrected chi connectivity index (χ3v) is 4.50. The highest BCUT2D eigenvalue weighted by Gasteiger charge is 2.14. The molecule has 0 saturated carbocycles. The highest BCUT2D eigenvalue weighted by molar-refractivity contribution is 7.80. The zero-order chi connectivity index (χ0) is 16.9. The van der Waals surface area contributed by atoms with Gasteiger partial charge in [0, 0.05) is 0 Å². The number of rotatable bonds is 15. The fourth-order valence-electron chi connectivity index (χ4n) is 2.53. The molecule has 0 aliphatic carbocycles. The molecule has 0 heterocycles. The Labute approximate surface area is 137 Å². The van der Waals surface area contributed by atoms with Crippen molar-refractivity contribution in [3.8, 4) is 0 Å². The summed E-state index contributed by atoms with van der Waals surface area (Å²) in [5.74, 6) is 0. The Kier molecular flexibility index (Phi) is 12.2. The summed E-state index contributed by atoms with van der Waals surface area (Å²) in [4.78, 5) is 0. The second kappa shape index (κ2) is 12.3. The van der Waals surface area contributed by atoms with Crippen molar-refractivity contribution in [3.05, 3.63) is 0 Å². The minimum atomic E-state index is -4.55. The predicted octanol–water partition coefficient (Wildman–Crippen LogP) is 3.46. The molecule has 0 aromatic rings. The van der Waals surface area contributed by atoms with Crippen LogP contribution in [0.25, 0.3) is 0 Å². The van der Waals surface area contributed by atoms with Crippen LogP contribution in [0, 0.1) is 0 Å². The van der Waals surface area contributed by atoms with Gasteiger partial charge in [-0.25, -0.2) is 8.42 Å². The average molecular weight is 338 g/mol. The van der Waals surface area contributed by atoms with Gasteiger partial charge in [-0.05, 0) is 12.8 Å². The summed E-state index contributed by atoms with van der Waals surface area (Å²) in [6.07, 6.45) is 13.1. The SMILES string of the molecule is CCCCCCCCCCCC[N+](C)(C)CCOS(=O)(=O)[O-]. The number of quaternary nitrogens is 1. The van der Waals surface area contributed by atoms with Gasteiger partial charge >= 0.3 is 0 Å². The Morgan fingerprint density at radius 2 is 1.27 bits per heavy atom. The molecule has 0 rings (SSSR count). The van der Waals surface area contributed by atoms with Crippen LogP contribution in [0.2, 0.25) is 0 Å². The molecule has 0 fully saturated rings. The first kappa shape index (κ1) is 21.8. The van der Waals surface area contributed by atoms with Crippen molar-refractivity contribution in [2.45, 2.75) is 71.1 Å². The molecule has 0 amide bonds. The third-order valence-electron chi connectivity index (χ3n) is 4.04. The van der Waals surface area contributed by atoms with Gasteiger partial charge in [-0.3, -0.25) is 4.18 Å². The van der Waals surface area contributed by atoms with Crippen LogP contribution < -0.4 is 0 Å². The molecule has 22 heavy (non-hydrogen) atoms. The van der Waals surface area contributed by atoms with E-state index in [4.69, 9.17) is 0 Å². The Morgan fingerprint density at radius 1 is 0.818 bits per heavy atom. The third kappa shape index (κ3) is 16.2. The molecule has 5 nitrogen and oxygen atoms in total. The fourth-order valence-corrected chi connectivity index (χ4v) is 2.80. The van der Waals surface area contributed by atoms with Crippen LogP contribution in [-0.2, 0) is 14.6 Å². The topological polar surface area (TPSA) is 66.4 Å². The molecule has 0 saturated heterocycles. The highest BCUT2D eigenvalue weighted by Crippen LogP contribution is 2.11. The van der Waals surface area contributed by atoms with E-state index in [1.165, 1.54) is 57.8 Å². The first-order valence-corrected chi connectivity index (χ1v) is 10.0. The lowest BCUT2D eigenvalue weighted by atomic mass is 10.1. The average Bonchev–Trinajstić information content (AvgIpc) is 2.39. The molecule has 0 unspecified atom stereocenters. The summed E-state index contributed by atoms with van der Waals surface area (Å²) >= 11 is 0. The van der Waals surface area contributed by atoms with E-state index in [2.05, 4.69) is 11.1 Å². The van der Waals surface area contributed by atoms with Crippen LogP contribution >= 0.6 is 0 Å². The molecule has 134 valence electrons. The van der Waals surface area contributed by atoms with Gasteiger partial charge in [-0.1, -0.05) is 58.3 Å². The van der Waals surface area contributed by atoms with Crippen LogP contribution in [0.1, 0.15) is 71.1 Å². The lowest BCUT2D eigenvalue weighted by Gasteiger charge is -2.29. The number of unbranched alkanes of at least 4 members (excludes halogenated alkanes) is 9. The van der Waals surface area contributed by atoms with Gasteiger partial charge in [-0.2, -0.15) is 0 Å². The van der Waals surface area contributed by atoms with Gasteiger partial charge in [0.05, 0.1) is 20.6 Å². The van der Waals surface area contributed by atoms with E-state index >= 15 is 0 Å². The minimum absolute atomic E-state index is 0.0312. The lowest BCUT2D eigenvalue weighted by molar-refractivity contribution is -0.890. The molecular formula is C16H35NO4S. The van der Waals surface area contributed by atoms with Gasteiger partial charge in [0.15, 0.2) is 0 Å². The number of hydrogen-bond acceptors (Lipinski definition) is 4. The molecule has 0 aromatic heterocycles. The van der Waals surface area contributed by atoms with E-state index in [1.54, 1.807) is 0 Å². The zero-order valence-electron chi connectivity index (χ0n) is 14.7. The van der Waals surface area contributed by atoms with Crippen molar-refractivity contribution in [3.63, 3.8) is 0 Å². The van der Waals surface area contributed by atoms with Crippen LogP contribution in [0.15, 0.2) is 0 Å². The van der Waals surface area contributed by atoms with Crippen molar-refractivity contribution < 1.29 is 21.6 Å². The van der Waals surface area contributed by atoms with Crippen molar-refractivity contribution in [2.75, 3.05) is 33.8 Å². The zero-order valence-corrected chi connectivity index (χ0v) is 15.5. The van der Waals surface area contributed by atoms with E-state index in [1.807, 2.05) is 14.1 Å². The molecule has 0 N–H and O–H groups in total. The fraction of sp³-hybridized carbons (Fsp3) is 1.00. The highest BCUT2D eigenvalue weighted by atomic mass is 32.3. The van der Waals surface area contributed by atoms with Crippen LogP contribution in [0.5, 0.6) is 0 Å². The minimum Gasteiger partial charge on any atom is -0.726 e. The van der Waals surface area contributed by atoms with Crippen LogP contribution in [0.3, 0.4) is 0 Å². The van der Waals surface area contributed by atoms with Gasteiger partial charge in [-0.15, -0.1) is 0 Å². The second-order valence-corrected chi connectivity index (χ2v) is 7.85. The van der Waals surface area contributed by atoms with Crippen molar-refractivity contribution in [1.82, 2.24) is 0 Å². The Balaban J connectivity index is 3.45. The smallest absolute Gasteiger partial charge is 0.217 e. The summed E-state index contributed by atoms with van der Waals surface area (Å²) in [6, 6.07) is 0. The van der Waals surface area contributed by atoms with E-state index in [0.29, 0.717) is 11.0 Å². The van der Waals surface area contributed by atoms with Crippen LogP contribution in [-0.4, -0.2) is 51.2 Å². The normalized spacial score (nSPS) is 12.7. The van der Waals surface area contributed by atoms with E-state index < -0.39 is 10.4 Å². The molecule has 0 radical (unpaired) electrons. The second-order valence-electron chi connectivity index (χ2n) is 6.80. The Hall–Kier alpha value is -0.170. The summed E-state index contributed by atoms with van der Waals surface area (Å²) in [7, 11) is -0.478. The first-order valence-electron chi connectivity index (χ1n) is 8.69. The summed E-state index contributed by atoms with van der Waals surface area (Å²) in [6.45, 7) is 3.74. The molecule has 6 heteroatoms. The van der Waals surface area contributed by atoms with Gasteiger partial charge in [0.1, 0.15) is 13.2 Å². The maximum atomic E-state index is 10.4.